The van der Waals surface area contributed by atoms with Gasteiger partial charge in [0.25, 0.3) is 0 Å². The second-order valence-electron chi connectivity index (χ2n) is 6.29. The number of para-hydroxylation sites is 1. The number of carbonyl (C=O) groups excluding carboxylic acids is 2. The number of likely N-dealkylation sites (N-methyl/N-ethyl adjacent to an activating group) is 1. The highest BCUT2D eigenvalue weighted by Gasteiger charge is 2.14. The molecule has 0 saturated carbocycles. The molecule has 0 radical (unpaired) electrons. The van der Waals surface area contributed by atoms with Crippen molar-refractivity contribution in [3.8, 4) is 0 Å². The molecule has 0 bridgehead atoms. The number of nitrogens with one attached hydrogen (secondary N) is 2. The van der Waals surface area contributed by atoms with Crippen LogP contribution >= 0.6 is 23.2 Å². The van der Waals surface area contributed by atoms with Crippen LogP contribution in [0.25, 0.3) is 10.9 Å². The van der Waals surface area contributed by atoms with E-state index >= 15 is 0 Å². The van der Waals surface area contributed by atoms with Gasteiger partial charge in [-0.3, -0.25) is 9.59 Å². The molecular weight excluding hydrogens is 385 g/mol. The van der Waals surface area contributed by atoms with Crippen LogP contribution in [-0.4, -0.2) is 35.3 Å². The number of hydrogen-bond acceptors (Lipinski definition) is 2. The molecule has 0 aliphatic heterocycles. The number of hydrogen-bond donors (Lipinski definition) is 2. The number of H-pyrrole nitrogens is 1. The molecule has 0 aliphatic rings. The summed E-state index contributed by atoms with van der Waals surface area (Å²) in [7, 11) is 1.62. The molecule has 0 fully saturated rings. The second kappa shape index (κ2) is 8.46. The van der Waals surface area contributed by atoms with Crippen molar-refractivity contribution in [2.75, 3.05) is 18.9 Å². The zero-order chi connectivity index (χ0) is 19.4. The molecule has 2 amide bonds. The molecule has 0 spiro atoms. The van der Waals surface area contributed by atoms with Gasteiger partial charge >= 0.3 is 0 Å². The monoisotopic (exact) mass is 403 g/mol. The minimum absolute atomic E-state index is 0.0348. The summed E-state index contributed by atoms with van der Waals surface area (Å²) in [5.41, 5.74) is 2.68. The number of carbonyl (C=O) groups is 2. The lowest BCUT2D eigenvalue weighted by Gasteiger charge is -2.17. The topological polar surface area (TPSA) is 65.2 Å². The van der Waals surface area contributed by atoms with Crippen LogP contribution in [0.1, 0.15) is 12.0 Å². The second-order valence-corrected chi connectivity index (χ2v) is 7.10. The van der Waals surface area contributed by atoms with E-state index in [9.17, 15) is 9.59 Å². The van der Waals surface area contributed by atoms with Gasteiger partial charge in [0, 0.05) is 36.3 Å². The highest BCUT2D eigenvalue weighted by molar-refractivity contribution is 6.42. The molecule has 1 aromatic heterocycles. The third kappa shape index (κ3) is 4.81. The predicted octanol–water partition coefficient (Wildman–Crippen LogP) is 4.50. The zero-order valence-electron chi connectivity index (χ0n) is 14.8. The average Bonchev–Trinajstić information content (AvgIpc) is 3.06. The zero-order valence-corrected chi connectivity index (χ0v) is 16.3. The maximum atomic E-state index is 12.4. The average molecular weight is 404 g/mol. The van der Waals surface area contributed by atoms with E-state index in [1.165, 1.54) is 4.90 Å². The Morgan fingerprint density at radius 2 is 1.89 bits per heavy atom. The minimum Gasteiger partial charge on any atom is -0.361 e. The fourth-order valence-corrected chi connectivity index (χ4v) is 3.15. The van der Waals surface area contributed by atoms with Crippen LogP contribution in [0.4, 0.5) is 5.69 Å². The van der Waals surface area contributed by atoms with Crippen molar-refractivity contribution < 1.29 is 9.59 Å². The van der Waals surface area contributed by atoms with Gasteiger partial charge in [0.05, 0.1) is 16.6 Å². The summed E-state index contributed by atoms with van der Waals surface area (Å²) < 4.78 is 0. The van der Waals surface area contributed by atoms with Crippen molar-refractivity contribution in [1.82, 2.24) is 9.88 Å². The predicted molar refractivity (Wildman–Crippen MR) is 109 cm³/mol. The van der Waals surface area contributed by atoms with Gasteiger partial charge in [0.2, 0.25) is 11.8 Å². The minimum atomic E-state index is -0.295. The lowest BCUT2D eigenvalue weighted by Crippen LogP contribution is -2.35. The molecule has 27 heavy (non-hydrogen) atoms. The molecular formula is C20H19Cl2N3O2. The Morgan fingerprint density at radius 1 is 1.11 bits per heavy atom. The lowest BCUT2D eigenvalue weighted by atomic mass is 10.1. The van der Waals surface area contributed by atoms with E-state index in [2.05, 4.69) is 10.3 Å². The molecule has 0 atom stereocenters. The first-order valence-electron chi connectivity index (χ1n) is 8.48. The van der Waals surface area contributed by atoms with Gasteiger partial charge in [-0.15, -0.1) is 0 Å². The quantitative estimate of drug-likeness (QED) is 0.635. The maximum Gasteiger partial charge on any atom is 0.243 e. The molecule has 2 aromatic carbocycles. The van der Waals surface area contributed by atoms with E-state index in [0.717, 1.165) is 16.5 Å². The Balaban J connectivity index is 1.52. The summed E-state index contributed by atoms with van der Waals surface area (Å²) in [4.78, 5) is 29.1. The highest BCUT2D eigenvalue weighted by Crippen LogP contribution is 2.25. The SMILES string of the molecule is CN(CC(=O)Nc1ccc(Cl)c(Cl)c1)C(=O)CCc1c[nH]c2ccccc12. The summed E-state index contributed by atoms with van der Waals surface area (Å²) in [6.45, 7) is -0.0348. The van der Waals surface area contributed by atoms with E-state index in [1.807, 2.05) is 30.5 Å². The van der Waals surface area contributed by atoms with Gasteiger partial charge in [-0.05, 0) is 36.2 Å². The van der Waals surface area contributed by atoms with Crippen molar-refractivity contribution in [3.05, 3.63) is 64.3 Å². The van der Waals surface area contributed by atoms with Crippen molar-refractivity contribution >= 4 is 51.6 Å². The molecule has 5 nitrogen and oxygen atoms in total. The van der Waals surface area contributed by atoms with Crippen molar-refractivity contribution in [3.63, 3.8) is 0 Å². The van der Waals surface area contributed by atoms with E-state index in [1.54, 1.807) is 25.2 Å². The number of benzene rings is 2. The number of amides is 2. The van der Waals surface area contributed by atoms with Crippen LogP contribution < -0.4 is 5.32 Å². The molecule has 0 unspecified atom stereocenters. The van der Waals surface area contributed by atoms with Crippen molar-refractivity contribution in [2.45, 2.75) is 12.8 Å². The third-order valence-corrected chi connectivity index (χ3v) is 5.03. The van der Waals surface area contributed by atoms with Gasteiger partial charge in [0.15, 0.2) is 0 Å². The van der Waals surface area contributed by atoms with Crippen molar-refractivity contribution in [2.24, 2.45) is 0 Å². The fraction of sp³-hybridized carbons (Fsp3) is 0.200. The highest BCUT2D eigenvalue weighted by atomic mass is 35.5. The van der Waals surface area contributed by atoms with Crippen LogP contribution in [0.5, 0.6) is 0 Å². The summed E-state index contributed by atoms with van der Waals surface area (Å²) in [5, 5.41) is 4.60. The third-order valence-electron chi connectivity index (χ3n) is 4.29. The van der Waals surface area contributed by atoms with Gasteiger partial charge < -0.3 is 15.2 Å². The van der Waals surface area contributed by atoms with E-state index in [4.69, 9.17) is 23.2 Å². The smallest absolute Gasteiger partial charge is 0.243 e. The van der Waals surface area contributed by atoms with Crippen LogP contribution in [0, 0.1) is 0 Å². The maximum absolute atomic E-state index is 12.4. The van der Waals surface area contributed by atoms with E-state index < -0.39 is 0 Å². The first-order chi connectivity index (χ1) is 12.9. The molecule has 2 N–H and O–H groups in total. The first kappa shape index (κ1) is 19.3. The summed E-state index contributed by atoms with van der Waals surface area (Å²) in [6, 6.07) is 12.8. The first-order valence-corrected chi connectivity index (χ1v) is 9.23. The molecule has 0 aliphatic carbocycles. The summed E-state index contributed by atoms with van der Waals surface area (Å²) >= 11 is 11.8. The Hall–Kier alpha value is -2.50. The van der Waals surface area contributed by atoms with Gasteiger partial charge in [0.1, 0.15) is 0 Å². The molecule has 3 aromatic rings. The summed E-state index contributed by atoms with van der Waals surface area (Å²) in [6.07, 6.45) is 2.87. The van der Waals surface area contributed by atoms with Crippen LogP contribution in [0.15, 0.2) is 48.7 Å². The number of aromatic nitrogens is 1. The fourth-order valence-electron chi connectivity index (χ4n) is 2.85. The van der Waals surface area contributed by atoms with E-state index in [0.29, 0.717) is 28.6 Å². The Morgan fingerprint density at radius 3 is 2.67 bits per heavy atom. The number of rotatable bonds is 6. The van der Waals surface area contributed by atoms with Crippen LogP contribution in [0.3, 0.4) is 0 Å². The number of fused-ring (bicyclic) bond motifs is 1. The molecule has 7 heteroatoms. The van der Waals surface area contributed by atoms with Gasteiger partial charge in [-0.1, -0.05) is 41.4 Å². The molecule has 1 heterocycles. The Kier molecular flexibility index (Phi) is 6.04. The molecule has 3 rings (SSSR count). The van der Waals surface area contributed by atoms with Gasteiger partial charge in [-0.2, -0.15) is 0 Å². The summed E-state index contributed by atoms with van der Waals surface area (Å²) in [5.74, 6) is -0.388. The van der Waals surface area contributed by atoms with Crippen molar-refractivity contribution in [1.29, 1.82) is 0 Å². The lowest BCUT2D eigenvalue weighted by molar-refractivity contribution is -0.133. The van der Waals surface area contributed by atoms with E-state index in [-0.39, 0.29) is 18.4 Å². The normalized spacial score (nSPS) is 10.8. The number of aryl methyl sites for hydroxylation is 1. The number of nitrogens with zero attached hydrogens (tertiary/aromatic N) is 1. The van der Waals surface area contributed by atoms with Crippen LogP contribution in [-0.2, 0) is 16.0 Å². The largest absolute Gasteiger partial charge is 0.361 e. The Labute approximate surface area is 167 Å². The molecule has 0 saturated heterocycles. The Bertz CT molecular complexity index is 984. The molecule has 140 valence electrons. The van der Waals surface area contributed by atoms with Gasteiger partial charge in [-0.25, -0.2) is 0 Å². The standard InChI is InChI=1S/C20H19Cl2N3O2/c1-25(12-19(26)24-14-7-8-16(21)17(22)10-14)20(27)9-6-13-11-23-18-5-3-2-4-15(13)18/h2-5,7-8,10-11,23H,6,9,12H2,1H3,(H,24,26). The number of halogens is 2. The number of aromatic amines is 1. The van der Waals surface area contributed by atoms with Crippen LogP contribution in [0.2, 0.25) is 10.0 Å². The number of anilines is 1.